The van der Waals surface area contributed by atoms with E-state index in [4.69, 9.17) is 0 Å². The largest absolute Gasteiger partial charge is 0.350 e. The number of benzene rings is 1. The standard InChI is InChI=1S/C17H25N3O4S/c1-20(2)25(23,24)15-9-7-13(8-10-15)11-18-16(21)12-19-17(22)14-5-3-4-6-14/h7-10,14H,3-6,11-12H2,1-2H3,(H,18,21)(H,19,22). The van der Waals surface area contributed by atoms with E-state index < -0.39 is 10.0 Å². The van der Waals surface area contributed by atoms with Crippen LogP contribution in [0.5, 0.6) is 0 Å². The van der Waals surface area contributed by atoms with Gasteiger partial charge >= 0.3 is 0 Å². The van der Waals surface area contributed by atoms with Crippen LogP contribution in [0.25, 0.3) is 0 Å². The molecular weight excluding hydrogens is 342 g/mol. The fraction of sp³-hybridized carbons (Fsp3) is 0.529. The summed E-state index contributed by atoms with van der Waals surface area (Å²) in [5, 5.41) is 5.38. The Morgan fingerprint density at radius 2 is 1.68 bits per heavy atom. The topological polar surface area (TPSA) is 95.6 Å². The van der Waals surface area contributed by atoms with Crippen LogP contribution in [0.4, 0.5) is 0 Å². The van der Waals surface area contributed by atoms with Gasteiger partial charge in [-0.15, -0.1) is 0 Å². The second kappa shape index (κ2) is 8.44. The van der Waals surface area contributed by atoms with Crippen molar-refractivity contribution in [3.8, 4) is 0 Å². The van der Waals surface area contributed by atoms with Crippen LogP contribution < -0.4 is 10.6 Å². The molecule has 0 saturated heterocycles. The molecule has 25 heavy (non-hydrogen) atoms. The minimum atomic E-state index is -3.45. The third-order valence-electron chi connectivity index (χ3n) is 4.34. The number of hydrogen-bond acceptors (Lipinski definition) is 4. The average molecular weight is 367 g/mol. The lowest BCUT2D eigenvalue weighted by Crippen LogP contribution is -2.38. The molecule has 0 unspecified atom stereocenters. The maximum atomic E-state index is 12.0. The summed E-state index contributed by atoms with van der Waals surface area (Å²) in [6.07, 6.45) is 3.94. The van der Waals surface area contributed by atoms with Gasteiger partial charge in [-0.05, 0) is 30.5 Å². The first kappa shape index (κ1) is 19.4. The zero-order chi connectivity index (χ0) is 18.4. The highest BCUT2D eigenvalue weighted by molar-refractivity contribution is 7.89. The summed E-state index contributed by atoms with van der Waals surface area (Å²) in [5.41, 5.74) is 0.785. The van der Waals surface area contributed by atoms with Gasteiger partial charge in [0.25, 0.3) is 0 Å². The van der Waals surface area contributed by atoms with Crippen LogP contribution >= 0.6 is 0 Å². The minimum Gasteiger partial charge on any atom is -0.350 e. The van der Waals surface area contributed by atoms with Gasteiger partial charge in [0.15, 0.2) is 0 Å². The van der Waals surface area contributed by atoms with E-state index in [0.29, 0.717) is 0 Å². The lowest BCUT2D eigenvalue weighted by atomic mass is 10.1. The molecule has 0 bridgehead atoms. The van der Waals surface area contributed by atoms with E-state index in [9.17, 15) is 18.0 Å². The van der Waals surface area contributed by atoms with Crippen LogP contribution in [-0.2, 0) is 26.2 Å². The predicted molar refractivity (Wildman–Crippen MR) is 94.1 cm³/mol. The van der Waals surface area contributed by atoms with Gasteiger partial charge in [-0.1, -0.05) is 25.0 Å². The summed E-state index contributed by atoms with van der Waals surface area (Å²) in [6.45, 7) is 0.239. The van der Waals surface area contributed by atoms with Crippen molar-refractivity contribution < 1.29 is 18.0 Å². The van der Waals surface area contributed by atoms with Crippen molar-refractivity contribution in [1.29, 1.82) is 0 Å². The molecule has 0 aromatic heterocycles. The first-order valence-corrected chi connectivity index (χ1v) is 9.80. The van der Waals surface area contributed by atoms with Gasteiger partial charge in [0, 0.05) is 26.6 Å². The van der Waals surface area contributed by atoms with Crippen molar-refractivity contribution in [2.45, 2.75) is 37.1 Å². The minimum absolute atomic E-state index is 0.0393. The maximum absolute atomic E-state index is 12.0. The van der Waals surface area contributed by atoms with Gasteiger partial charge in [-0.2, -0.15) is 0 Å². The number of carbonyl (C=O) groups is 2. The second-order valence-corrected chi connectivity index (χ2v) is 8.56. The van der Waals surface area contributed by atoms with E-state index in [1.165, 1.54) is 26.2 Å². The Labute approximate surface area is 148 Å². The fourth-order valence-electron chi connectivity index (χ4n) is 2.75. The maximum Gasteiger partial charge on any atom is 0.242 e. The number of carbonyl (C=O) groups excluding carboxylic acids is 2. The number of nitrogens with one attached hydrogen (secondary N) is 2. The van der Waals surface area contributed by atoms with E-state index in [-0.39, 0.29) is 35.7 Å². The Bertz CT molecular complexity index is 708. The molecule has 0 aliphatic heterocycles. The molecule has 0 atom stereocenters. The molecule has 2 N–H and O–H groups in total. The first-order chi connectivity index (χ1) is 11.8. The normalized spacial score (nSPS) is 15.3. The number of hydrogen-bond donors (Lipinski definition) is 2. The summed E-state index contributed by atoms with van der Waals surface area (Å²) in [4.78, 5) is 23.9. The molecule has 0 spiro atoms. The lowest BCUT2D eigenvalue weighted by molar-refractivity contribution is -0.128. The molecule has 7 nitrogen and oxygen atoms in total. The Morgan fingerprint density at radius 3 is 2.24 bits per heavy atom. The van der Waals surface area contributed by atoms with Gasteiger partial charge in [0.2, 0.25) is 21.8 Å². The van der Waals surface area contributed by atoms with Crippen LogP contribution in [-0.4, -0.2) is 45.2 Å². The highest BCUT2D eigenvalue weighted by Crippen LogP contribution is 2.24. The van der Waals surface area contributed by atoms with Crippen molar-refractivity contribution in [3.63, 3.8) is 0 Å². The SMILES string of the molecule is CN(C)S(=O)(=O)c1ccc(CNC(=O)CNC(=O)C2CCCC2)cc1. The molecule has 1 aromatic rings. The van der Waals surface area contributed by atoms with E-state index >= 15 is 0 Å². The van der Waals surface area contributed by atoms with E-state index in [2.05, 4.69) is 10.6 Å². The van der Waals surface area contributed by atoms with E-state index in [1.54, 1.807) is 12.1 Å². The van der Waals surface area contributed by atoms with Crippen molar-refractivity contribution in [2.24, 2.45) is 5.92 Å². The molecule has 1 aliphatic carbocycles. The Hall–Kier alpha value is -1.93. The van der Waals surface area contributed by atoms with Crippen LogP contribution in [0, 0.1) is 5.92 Å². The number of rotatable bonds is 7. The molecular formula is C17H25N3O4S. The highest BCUT2D eigenvalue weighted by atomic mass is 32.2. The molecule has 2 amide bonds. The number of sulfonamides is 1. The van der Waals surface area contributed by atoms with Crippen molar-refractivity contribution >= 4 is 21.8 Å². The quantitative estimate of drug-likeness (QED) is 0.747. The first-order valence-electron chi connectivity index (χ1n) is 8.36. The van der Waals surface area contributed by atoms with Crippen molar-refractivity contribution in [1.82, 2.24) is 14.9 Å². The monoisotopic (exact) mass is 367 g/mol. The molecule has 138 valence electrons. The third-order valence-corrected chi connectivity index (χ3v) is 6.17. The molecule has 1 fully saturated rings. The molecule has 0 radical (unpaired) electrons. The summed E-state index contributed by atoms with van der Waals surface area (Å²) in [7, 11) is -0.502. The van der Waals surface area contributed by atoms with Crippen molar-refractivity contribution in [3.05, 3.63) is 29.8 Å². The smallest absolute Gasteiger partial charge is 0.242 e. The van der Waals surface area contributed by atoms with Crippen LogP contribution in [0.15, 0.2) is 29.2 Å². The van der Waals surface area contributed by atoms with Gasteiger partial charge in [-0.25, -0.2) is 12.7 Å². The van der Waals surface area contributed by atoms with Crippen LogP contribution in [0.3, 0.4) is 0 Å². The Kier molecular flexibility index (Phi) is 6.55. The third kappa shape index (κ3) is 5.27. The highest BCUT2D eigenvalue weighted by Gasteiger charge is 2.22. The summed E-state index contributed by atoms with van der Waals surface area (Å²) in [5.74, 6) is -0.277. The zero-order valence-electron chi connectivity index (χ0n) is 14.6. The van der Waals surface area contributed by atoms with Crippen LogP contribution in [0.1, 0.15) is 31.2 Å². The van der Waals surface area contributed by atoms with Gasteiger partial charge < -0.3 is 10.6 Å². The molecule has 2 rings (SSSR count). The molecule has 8 heteroatoms. The number of amides is 2. The Morgan fingerprint density at radius 1 is 1.08 bits per heavy atom. The van der Waals surface area contributed by atoms with Gasteiger partial charge in [0.05, 0.1) is 11.4 Å². The second-order valence-electron chi connectivity index (χ2n) is 6.41. The van der Waals surface area contributed by atoms with E-state index in [1.807, 2.05) is 0 Å². The molecule has 1 aliphatic rings. The van der Waals surface area contributed by atoms with Crippen molar-refractivity contribution in [2.75, 3.05) is 20.6 Å². The number of nitrogens with zero attached hydrogens (tertiary/aromatic N) is 1. The molecule has 1 saturated carbocycles. The predicted octanol–water partition coefficient (Wildman–Crippen LogP) is 0.860. The fourth-order valence-corrected chi connectivity index (χ4v) is 3.65. The summed E-state index contributed by atoms with van der Waals surface area (Å²) >= 11 is 0. The zero-order valence-corrected chi connectivity index (χ0v) is 15.4. The lowest BCUT2D eigenvalue weighted by Gasteiger charge is -2.12. The van der Waals surface area contributed by atoms with E-state index in [0.717, 1.165) is 35.6 Å². The molecule has 0 heterocycles. The average Bonchev–Trinajstić information content (AvgIpc) is 3.12. The van der Waals surface area contributed by atoms with Crippen LogP contribution in [0.2, 0.25) is 0 Å². The van der Waals surface area contributed by atoms with Gasteiger partial charge in [-0.3, -0.25) is 9.59 Å². The summed E-state index contributed by atoms with van der Waals surface area (Å²) in [6, 6.07) is 6.35. The van der Waals surface area contributed by atoms with Gasteiger partial charge in [0.1, 0.15) is 0 Å². The molecule has 1 aromatic carbocycles. The summed E-state index contributed by atoms with van der Waals surface area (Å²) < 4.78 is 25.1. The Balaban J connectivity index is 1.79.